The molecule has 1 aliphatic rings. The monoisotopic (exact) mass is 294 g/mol. The number of rotatable bonds is 2. The molecule has 108 valence electrons. The van der Waals surface area contributed by atoms with Crippen LogP contribution in [0.25, 0.3) is 0 Å². The molecule has 0 aliphatic carbocycles. The summed E-state index contributed by atoms with van der Waals surface area (Å²) in [6.45, 7) is 6.58. The number of hydrogen-bond donors (Lipinski definition) is 0. The van der Waals surface area contributed by atoms with E-state index in [9.17, 15) is 9.59 Å². The van der Waals surface area contributed by atoms with E-state index in [0.29, 0.717) is 24.5 Å². The molecule has 2 rings (SSSR count). The van der Waals surface area contributed by atoms with Gasteiger partial charge in [-0.3, -0.25) is 9.59 Å². The average Bonchev–Trinajstić information content (AvgIpc) is 2.44. The van der Waals surface area contributed by atoms with Crippen molar-refractivity contribution in [2.45, 2.75) is 33.2 Å². The van der Waals surface area contributed by atoms with Crippen LogP contribution >= 0.6 is 11.6 Å². The fourth-order valence-corrected chi connectivity index (χ4v) is 2.59. The first-order valence-corrected chi connectivity index (χ1v) is 7.20. The van der Waals surface area contributed by atoms with E-state index in [1.54, 1.807) is 22.8 Å². The Balaban J connectivity index is 2.22. The maximum absolute atomic E-state index is 12.4. The van der Waals surface area contributed by atoms with E-state index in [1.807, 2.05) is 26.0 Å². The van der Waals surface area contributed by atoms with E-state index in [0.717, 1.165) is 11.3 Å². The quantitative estimate of drug-likeness (QED) is 0.841. The molecular formula is C15H19ClN2O2. The lowest BCUT2D eigenvalue weighted by Crippen LogP contribution is -2.57. The average molecular weight is 295 g/mol. The van der Waals surface area contributed by atoms with Gasteiger partial charge < -0.3 is 9.80 Å². The second-order valence-electron chi connectivity index (χ2n) is 5.04. The zero-order valence-electron chi connectivity index (χ0n) is 12.0. The molecule has 0 aromatic heterocycles. The Morgan fingerprint density at radius 1 is 1.40 bits per heavy atom. The molecule has 2 amide bonds. The molecule has 1 fully saturated rings. The molecule has 0 radical (unpaired) electrons. The van der Waals surface area contributed by atoms with Crippen LogP contribution in [0, 0.1) is 6.92 Å². The van der Waals surface area contributed by atoms with Crippen LogP contribution in [0.1, 0.15) is 25.8 Å². The van der Waals surface area contributed by atoms with Crippen LogP contribution in [0.5, 0.6) is 0 Å². The van der Waals surface area contributed by atoms with Gasteiger partial charge in [0.25, 0.3) is 0 Å². The van der Waals surface area contributed by atoms with Crippen LogP contribution in [0.15, 0.2) is 18.2 Å². The van der Waals surface area contributed by atoms with Gasteiger partial charge in [0, 0.05) is 30.2 Å². The van der Waals surface area contributed by atoms with Crippen molar-refractivity contribution in [3.63, 3.8) is 0 Å². The third-order valence-electron chi connectivity index (χ3n) is 3.75. The largest absolute Gasteiger partial charge is 0.329 e. The number of benzene rings is 1. The first-order valence-electron chi connectivity index (χ1n) is 6.82. The SMILES string of the molecule is CCC(=O)N1CCN(c2ccc(C)c(Cl)c2)C(=O)C1C. The Labute approximate surface area is 124 Å². The summed E-state index contributed by atoms with van der Waals surface area (Å²) in [4.78, 5) is 27.6. The number of amides is 2. The molecule has 0 saturated carbocycles. The third kappa shape index (κ3) is 2.66. The predicted molar refractivity (Wildman–Crippen MR) is 80.0 cm³/mol. The fraction of sp³-hybridized carbons (Fsp3) is 0.467. The van der Waals surface area contributed by atoms with E-state index in [4.69, 9.17) is 11.6 Å². The zero-order valence-corrected chi connectivity index (χ0v) is 12.8. The van der Waals surface area contributed by atoms with Crippen molar-refractivity contribution in [1.82, 2.24) is 4.90 Å². The minimum atomic E-state index is -0.420. The van der Waals surface area contributed by atoms with Gasteiger partial charge in [-0.1, -0.05) is 24.6 Å². The molecule has 1 unspecified atom stereocenters. The lowest BCUT2D eigenvalue weighted by atomic mass is 10.1. The molecule has 1 heterocycles. The summed E-state index contributed by atoms with van der Waals surface area (Å²) in [6, 6.07) is 5.18. The van der Waals surface area contributed by atoms with Crippen LogP contribution in [0.3, 0.4) is 0 Å². The third-order valence-corrected chi connectivity index (χ3v) is 4.15. The van der Waals surface area contributed by atoms with E-state index in [-0.39, 0.29) is 11.8 Å². The van der Waals surface area contributed by atoms with Crippen molar-refractivity contribution in [2.24, 2.45) is 0 Å². The summed E-state index contributed by atoms with van der Waals surface area (Å²) in [5, 5.41) is 0.648. The molecular weight excluding hydrogens is 276 g/mol. The molecule has 1 atom stereocenters. The van der Waals surface area contributed by atoms with Gasteiger partial charge in [0.05, 0.1) is 0 Å². The van der Waals surface area contributed by atoms with Gasteiger partial charge >= 0.3 is 0 Å². The predicted octanol–water partition coefficient (Wildman–Crippen LogP) is 2.62. The summed E-state index contributed by atoms with van der Waals surface area (Å²) < 4.78 is 0. The van der Waals surface area contributed by atoms with Crippen molar-refractivity contribution in [2.75, 3.05) is 18.0 Å². The fourth-order valence-electron chi connectivity index (χ4n) is 2.42. The molecule has 20 heavy (non-hydrogen) atoms. The number of anilines is 1. The van der Waals surface area contributed by atoms with Gasteiger partial charge in [-0.05, 0) is 31.5 Å². The number of halogens is 1. The zero-order chi connectivity index (χ0) is 14.9. The molecule has 1 aromatic carbocycles. The smallest absolute Gasteiger partial charge is 0.249 e. The lowest BCUT2D eigenvalue weighted by molar-refractivity contribution is -0.140. The second-order valence-corrected chi connectivity index (χ2v) is 5.45. The Hall–Kier alpha value is -1.55. The molecule has 1 saturated heterocycles. The summed E-state index contributed by atoms with van der Waals surface area (Å²) >= 11 is 6.12. The Bertz CT molecular complexity index is 545. The Morgan fingerprint density at radius 3 is 2.70 bits per heavy atom. The van der Waals surface area contributed by atoms with Gasteiger partial charge in [-0.25, -0.2) is 0 Å². The van der Waals surface area contributed by atoms with Crippen molar-refractivity contribution in [3.05, 3.63) is 28.8 Å². The first-order chi connectivity index (χ1) is 9.45. The molecule has 1 aliphatic heterocycles. The Kier molecular flexibility index (Phi) is 4.33. The summed E-state index contributed by atoms with van der Waals surface area (Å²) in [7, 11) is 0. The highest BCUT2D eigenvalue weighted by atomic mass is 35.5. The summed E-state index contributed by atoms with van der Waals surface area (Å²) in [5.41, 5.74) is 1.77. The lowest BCUT2D eigenvalue weighted by Gasteiger charge is -2.39. The van der Waals surface area contributed by atoms with E-state index < -0.39 is 6.04 Å². The minimum Gasteiger partial charge on any atom is -0.329 e. The summed E-state index contributed by atoms with van der Waals surface area (Å²) in [6.07, 6.45) is 0.425. The minimum absolute atomic E-state index is 0.0208. The van der Waals surface area contributed by atoms with Crippen LogP contribution < -0.4 is 4.90 Å². The normalized spacial score (nSPS) is 19.4. The summed E-state index contributed by atoms with van der Waals surface area (Å²) in [5.74, 6) is -0.0367. The van der Waals surface area contributed by atoms with Crippen molar-refractivity contribution in [3.8, 4) is 0 Å². The highest BCUT2D eigenvalue weighted by molar-refractivity contribution is 6.31. The topological polar surface area (TPSA) is 40.6 Å². The van der Waals surface area contributed by atoms with Crippen LogP contribution in [0.2, 0.25) is 5.02 Å². The standard InChI is InChI=1S/C15H19ClN2O2/c1-4-14(19)17-7-8-18(15(20)11(17)3)12-6-5-10(2)13(16)9-12/h5-6,9,11H,4,7-8H2,1-3H3. The number of nitrogens with zero attached hydrogens (tertiary/aromatic N) is 2. The van der Waals surface area contributed by atoms with Gasteiger partial charge in [0.2, 0.25) is 11.8 Å². The van der Waals surface area contributed by atoms with Crippen molar-refractivity contribution in [1.29, 1.82) is 0 Å². The number of carbonyl (C=O) groups excluding carboxylic acids is 2. The molecule has 1 aromatic rings. The number of carbonyl (C=O) groups is 2. The highest BCUT2D eigenvalue weighted by Gasteiger charge is 2.34. The van der Waals surface area contributed by atoms with Gasteiger partial charge in [0.1, 0.15) is 6.04 Å². The van der Waals surface area contributed by atoms with Gasteiger partial charge in [-0.15, -0.1) is 0 Å². The van der Waals surface area contributed by atoms with Crippen LogP contribution in [-0.2, 0) is 9.59 Å². The molecule has 0 spiro atoms. The van der Waals surface area contributed by atoms with Gasteiger partial charge in [0.15, 0.2) is 0 Å². The van der Waals surface area contributed by atoms with Crippen molar-refractivity contribution >= 4 is 29.1 Å². The van der Waals surface area contributed by atoms with Crippen molar-refractivity contribution < 1.29 is 9.59 Å². The second kappa shape index (κ2) is 5.83. The maximum Gasteiger partial charge on any atom is 0.249 e. The van der Waals surface area contributed by atoms with Crippen LogP contribution in [0.4, 0.5) is 5.69 Å². The molecule has 0 N–H and O–H groups in total. The molecule has 0 bridgehead atoms. The first kappa shape index (κ1) is 14.9. The Morgan fingerprint density at radius 2 is 2.10 bits per heavy atom. The maximum atomic E-state index is 12.4. The highest BCUT2D eigenvalue weighted by Crippen LogP contribution is 2.26. The number of piperazine rings is 1. The van der Waals surface area contributed by atoms with E-state index >= 15 is 0 Å². The van der Waals surface area contributed by atoms with E-state index in [1.165, 1.54) is 0 Å². The van der Waals surface area contributed by atoms with E-state index in [2.05, 4.69) is 0 Å². The number of aryl methyl sites for hydroxylation is 1. The number of hydrogen-bond acceptors (Lipinski definition) is 2. The molecule has 5 heteroatoms. The molecule has 4 nitrogen and oxygen atoms in total. The van der Waals surface area contributed by atoms with Crippen LogP contribution in [-0.4, -0.2) is 35.8 Å². The van der Waals surface area contributed by atoms with Gasteiger partial charge in [-0.2, -0.15) is 0 Å².